The highest BCUT2D eigenvalue weighted by atomic mass is 16.2. The standard InChI is InChI=1S/C17H25N3O2/c1-19(2)10-5-9-18-16(21)12-17(22)20-11-8-14-6-3-4-7-15(14)13-20/h3-4,6-7H,5,8-13H2,1-2H3,(H,18,21). The molecule has 0 aromatic heterocycles. The van der Waals surface area contributed by atoms with Gasteiger partial charge in [-0.2, -0.15) is 0 Å². The third-order valence-electron chi connectivity index (χ3n) is 3.90. The van der Waals surface area contributed by atoms with Crippen LogP contribution in [0.15, 0.2) is 24.3 Å². The average molecular weight is 303 g/mol. The lowest BCUT2D eigenvalue weighted by atomic mass is 10.00. The summed E-state index contributed by atoms with van der Waals surface area (Å²) in [5.74, 6) is -0.262. The zero-order valence-corrected chi connectivity index (χ0v) is 13.5. The van der Waals surface area contributed by atoms with Gasteiger partial charge in [0.15, 0.2) is 0 Å². The number of carbonyl (C=O) groups excluding carboxylic acids is 2. The lowest BCUT2D eigenvalue weighted by Gasteiger charge is -2.28. The van der Waals surface area contributed by atoms with Crippen LogP contribution in [0.5, 0.6) is 0 Å². The lowest BCUT2D eigenvalue weighted by Crippen LogP contribution is -2.39. The summed E-state index contributed by atoms with van der Waals surface area (Å²) in [4.78, 5) is 27.9. The van der Waals surface area contributed by atoms with Gasteiger partial charge < -0.3 is 15.1 Å². The maximum Gasteiger partial charge on any atom is 0.232 e. The minimum atomic E-state index is -0.178. The van der Waals surface area contributed by atoms with Gasteiger partial charge in [-0.15, -0.1) is 0 Å². The highest BCUT2D eigenvalue weighted by Gasteiger charge is 2.21. The molecule has 2 amide bonds. The van der Waals surface area contributed by atoms with E-state index in [0.717, 1.165) is 19.4 Å². The molecule has 120 valence electrons. The summed E-state index contributed by atoms with van der Waals surface area (Å²) >= 11 is 0. The van der Waals surface area contributed by atoms with Crippen molar-refractivity contribution in [2.45, 2.75) is 25.8 Å². The Balaban J connectivity index is 1.75. The van der Waals surface area contributed by atoms with Gasteiger partial charge in [-0.05, 0) is 44.6 Å². The second-order valence-corrected chi connectivity index (χ2v) is 6.02. The summed E-state index contributed by atoms with van der Waals surface area (Å²) in [6.07, 6.45) is 1.71. The Bertz CT molecular complexity index is 528. The Labute approximate surface area is 132 Å². The number of carbonyl (C=O) groups is 2. The van der Waals surface area contributed by atoms with E-state index < -0.39 is 0 Å². The molecule has 0 saturated carbocycles. The van der Waals surface area contributed by atoms with Crippen LogP contribution in [0.4, 0.5) is 0 Å². The van der Waals surface area contributed by atoms with Gasteiger partial charge in [-0.1, -0.05) is 24.3 Å². The van der Waals surface area contributed by atoms with Crippen molar-refractivity contribution in [1.29, 1.82) is 0 Å². The summed E-state index contributed by atoms with van der Waals surface area (Å²) < 4.78 is 0. The normalized spacial score (nSPS) is 13.9. The highest BCUT2D eigenvalue weighted by molar-refractivity contribution is 5.96. The fourth-order valence-electron chi connectivity index (χ4n) is 2.64. The molecule has 0 atom stereocenters. The van der Waals surface area contributed by atoms with Gasteiger partial charge in [-0.25, -0.2) is 0 Å². The van der Waals surface area contributed by atoms with Gasteiger partial charge in [0.2, 0.25) is 11.8 Å². The summed E-state index contributed by atoms with van der Waals surface area (Å²) in [6, 6.07) is 8.17. The molecule has 1 heterocycles. The van der Waals surface area contributed by atoms with E-state index in [0.29, 0.717) is 19.6 Å². The topological polar surface area (TPSA) is 52.7 Å². The van der Waals surface area contributed by atoms with Gasteiger partial charge in [0.05, 0.1) is 0 Å². The smallest absolute Gasteiger partial charge is 0.232 e. The molecule has 1 aromatic rings. The first kappa shape index (κ1) is 16.5. The predicted molar refractivity (Wildman–Crippen MR) is 86.4 cm³/mol. The summed E-state index contributed by atoms with van der Waals surface area (Å²) in [5, 5.41) is 2.81. The molecule has 1 aliphatic rings. The van der Waals surface area contributed by atoms with Crippen molar-refractivity contribution in [3.63, 3.8) is 0 Å². The van der Waals surface area contributed by atoms with Crippen molar-refractivity contribution in [3.8, 4) is 0 Å². The number of fused-ring (bicyclic) bond motifs is 1. The van der Waals surface area contributed by atoms with E-state index in [1.54, 1.807) is 4.90 Å². The number of benzene rings is 1. The first-order chi connectivity index (χ1) is 10.6. The number of amides is 2. The first-order valence-electron chi connectivity index (χ1n) is 7.82. The molecule has 1 aliphatic heterocycles. The van der Waals surface area contributed by atoms with E-state index in [9.17, 15) is 9.59 Å². The second kappa shape index (κ2) is 7.94. The van der Waals surface area contributed by atoms with Crippen molar-refractivity contribution < 1.29 is 9.59 Å². The highest BCUT2D eigenvalue weighted by Crippen LogP contribution is 2.18. The Morgan fingerprint density at radius 2 is 1.95 bits per heavy atom. The van der Waals surface area contributed by atoms with Crippen LogP contribution in [0.2, 0.25) is 0 Å². The molecule has 0 spiro atoms. The Morgan fingerprint density at radius 3 is 2.68 bits per heavy atom. The zero-order chi connectivity index (χ0) is 15.9. The number of nitrogens with zero attached hydrogens (tertiary/aromatic N) is 2. The summed E-state index contributed by atoms with van der Waals surface area (Å²) in [6.45, 7) is 2.86. The molecule has 0 radical (unpaired) electrons. The van der Waals surface area contributed by atoms with Crippen LogP contribution in [0.25, 0.3) is 0 Å². The number of nitrogens with one attached hydrogen (secondary N) is 1. The van der Waals surface area contributed by atoms with Crippen LogP contribution >= 0.6 is 0 Å². The zero-order valence-electron chi connectivity index (χ0n) is 13.5. The average Bonchev–Trinajstić information content (AvgIpc) is 2.51. The van der Waals surface area contributed by atoms with Crippen LogP contribution < -0.4 is 5.32 Å². The second-order valence-electron chi connectivity index (χ2n) is 6.02. The molecule has 1 aromatic carbocycles. The van der Waals surface area contributed by atoms with E-state index in [1.807, 2.05) is 26.2 Å². The van der Waals surface area contributed by atoms with Crippen molar-refractivity contribution in [1.82, 2.24) is 15.1 Å². The molecule has 5 heteroatoms. The van der Waals surface area contributed by atoms with Gasteiger partial charge in [0.1, 0.15) is 6.42 Å². The fourth-order valence-corrected chi connectivity index (χ4v) is 2.64. The molecule has 0 fully saturated rings. The van der Waals surface area contributed by atoms with Crippen molar-refractivity contribution in [2.24, 2.45) is 0 Å². The predicted octanol–water partition coefficient (Wildman–Crippen LogP) is 1.03. The van der Waals surface area contributed by atoms with Gasteiger partial charge >= 0.3 is 0 Å². The number of hydrogen-bond donors (Lipinski definition) is 1. The quantitative estimate of drug-likeness (QED) is 0.631. The molecule has 5 nitrogen and oxygen atoms in total. The first-order valence-corrected chi connectivity index (χ1v) is 7.82. The van der Waals surface area contributed by atoms with Crippen molar-refractivity contribution in [3.05, 3.63) is 35.4 Å². The monoisotopic (exact) mass is 303 g/mol. The van der Waals surface area contributed by atoms with E-state index in [4.69, 9.17) is 0 Å². The largest absolute Gasteiger partial charge is 0.356 e. The third-order valence-corrected chi connectivity index (χ3v) is 3.90. The van der Waals surface area contributed by atoms with Crippen LogP contribution in [0.3, 0.4) is 0 Å². The maximum absolute atomic E-state index is 12.2. The molecular formula is C17H25N3O2. The molecule has 0 saturated heterocycles. The molecule has 22 heavy (non-hydrogen) atoms. The van der Waals surface area contributed by atoms with E-state index in [1.165, 1.54) is 11.1 Å². The summed E-state index contributed by atoms with van der Waals surface area (Å²) in [5.41, 5.74) is 2.49. The van der Waals surface area contributed by atoms with E-state index in [2.05, 4.69) is 22.3 Å². The van der Waals surface area contributed by atoms with Crippen LogP contribution in [-0.4, -0.2) is 55.3 Å². The molecular weight excluding hydrogens is 278 g/mol. The third kappa shape index (κ3) is 4.84. The van der Waals surface area contributed by atoms with Crippen molar-refractivity contribution in [2.75, 3.05) is 33.7 Å². The SMILES string of the molecule is CN(C)CCCNC(=O)CC(=O)N1CCc2ccccc2C1. The molecule has 0 aliphatic carbocycles. The maximum atomic E-state index is 12.2. The molecule has 0 bridgehead atoms. The molecule has 2 rings (SSSR count). The number of hydrogen-bond acceptors (Lipinski definition) is 3. The van der Waals surface area contributed by atoms with Gasteiger partial charge in [-0.3, -0.25) is 9.59 Å². The molecule has 0 unspecified atom stereocenters. The van der Waals surface area contributed by atoms with Crippen LogP contribution in [-0.2, 0) is 22.6 Å². The molecule has 1 N–H and O–H groups in total. The van der Waals surface area contributed by atoms with E-state index >= 15 is 0 Å². The summed E-state index contributed by atoms with van der Waals surface area (Å²) in [7, 11) is 4.00. The Hall–Kier alpha value is -1.88. The van der Waals surface area contributed by atoms with E-state index in [-0.39, 0.29) is 18.2 Å². The Kier molecular flexibility index (Phi) is 5.95. The van der Waals surface area contributed by atoms with Gasteiger partial charge in [0, 0.05) is 19.6 Å². The fraction of sp³-hybridized carbons (Fsp3) is 0.529. The minimum Gasteiger partial charge on any atom is -0.356 e. The number of rotatable bonds is 6. The van der Waals surface area contributed by atoms with Crippen LogP contribution in [0.1, 0.15) is 24.0 Å². The van der Waals surface area contributed by atoms with Crippen LogP contribution in [0, 0.1) is 0 Å². The minimum absolute atomic E-state index is 0.0515. The van der Waals surface area contributed by atoms with Crippen molar-refractivity contribution >= 4 is 11.8 Å². The Morgan fingerprint density at radius 1 is 1.23 bits per heavy atom. The lowest BCUT2D eigenvalue weighted by molar-refractivity contribution is -0.136. The van der Waals surface area contributed by atoms with Gasteiger partial charge in [0.25, 0.3) is 0 Å².